The van der Waals surface area contributed by atoms with Crippen molar-refractivity contribution in [3.8, 4) is 5.95 Å². The van der Waals surface area contributed by atoms with Crippen molar-refractivity contribution in [1.29, 1.82) is 0 Å². The fourth-order valence-corrected chi connectivity index (χ4v) is 4.89. The molecule has 0 radical (unpaired) electrons. The van der Waals surface area contributed by atoms with Crippen LogP contribution in [0.4, 0.5) is 24.8 Å². The number of morpholine rings is 1. The SMILES string of the molecule is Fc1ccc(NC2CCN(c3nc(C4CNCCO4)nc(-n4c(C(F)F)nc5ccccc54)n3)CC2)cc1. The van der Waals surface area contributed by atoms with Gasteiger partial charge in [-0.05, 0) is 49.2 Å². The summed E-state index contributed by atoms with van der Waals surface area (Å²) in [5.41, 5.74) is 1.80. The first-order valence-corrected chi connectivity index (χ1v) is 12.7. The number of benzene rings is 2. The normalized spacial score (nSPS) is 18.8. The molecule has 0 saturated carbocycles. The number of piperidine rings is 1. The predicted octanol–water partition coefficient (Wildman–Crippen LogP) is 4.03. The maximum Gasteiger partial charge on any atom is 0.296 e. The molecular weight excluding hydrogens is 497 g/mol. The Kier molecular flexibility index (Phi) is 6.81. The number of imidazole rings is 1. The number of rotatable bonds is 6. The lowest BCUT2D eigenvalue weighted by Gasteiger charge is -2.33. The molecule has 4 aromatic rings. The average molecular weight is 525 g/mol. The van der Waals surface area contributed by atoms with E-state index in [0.717, 1.165) is 25.1 Å². The average Bonchev–Trinajstić information content (AvgIpc) is 3.35. The summed E-state index contributed by atoms with van der Waals surface area (Å²) in [5.74, 6) is 0.206. The molecule has 0 spiro atoms. The zero-order valence-electron chi connectivity index (χ0n) is 20.5. The van der Waals surface area contributed by atoms with Crippen LogP contribution in [-0.4, -0.2) is 63.3 Å². The van der Waals surface area contributed by atoms with Crippen molar-refractivity contribution in [1.82, 2.24) is 29.8 Å². The third-order valence-corrected chi connectivity index (χ3v) is 6.82. The van der Waals surface area contributed by atoms with Crippen LogP contribution in [0.5, 0.6) is 0 Å². The molecular formula is C26H27F3N8O. The highest BCUT2D eigenvalue weighted by Gasteiger charge is 2.28. The monoisotopic (exact) mass is 524 g/mol. The summed E-state index contributed by atoms with van der Waals surface area (Å²) in [6, 6.07) is 13.4. The summed E-state index contributed by atoms with van der Waals surface area (Å²) in [6.45, 7) is 3.03. The highest BCUT2D eigenvalue weighted by atomic mass is 19.3. The zero-order valence-corrected chi connectivity index (χ0v) is 20.5. The van der Waals surface area contributed by atoms with Gasteiger partial charge in [0.1, 0.15) is 11.9 Å². The lowest BCUT2D eigenvalue weighted by atomic mass is 10.0. The number of halogens is 3. The first-order valence-electron chi connectivity index (χ1n) is 12.7. The van der Waals surface area contributed by atoms with Gasteiger partial charge >= 0.3 is 0 Å². The quantitative estimate of drug-likeness (QED) is 0.391. The van der Waals surface area contributed by atoms with Crippen LogP contribution in [-0.2, 0) is 4.74 Å². The van der Waals surface area contributed by atoms with Gasteiger partial charge in [0.15, 0.2) is 11.6 Å². The van der Waals surface area contributed by atoms with Crippen molar-refractivity contribution < 1.29 is 17.9 Å². The number of para-hydroxylation sites is 2. The van der Waals surface area contributed by atoms with E-state index in [4.69, 9.17) is 9.72 Å². The summed E-state index contributed by atoms with van der Waals surface area (Å²) < 4.78 is 48.6. The van der Waals surface area contributed by atoms with E-state index in [-0.39, 0.29) is 17.8 Å². The Morgan fingerprint density at radius 3 is 2.45 bits per heavy atom. The molecule has 2 aliphatic rings. The van der Waals surface area contributed by atoms with Crippen LogP contribution in [0.3, 0.4) is 0 Å². The molecule has 2 saturated heterocycles. The molecule has 38 heavy (non-hydrogen) atoms. The van der Waals surface area contributed by atoms with Crippen molar-refractivity contribution in [2.45, 2.75) is 31.4 Å². The van der Waals surface area contributed by atoms with Gasteiger partial charge < -0.3 is 20.3 Å². The van der Waals surface area contributed by atoms with Gasteiger partial charge in [-0.3, -0.25) is 4.57 Å². The van der Waals surface area contributed by atoms with E-state index in [2.05, 4.69) is 25.6 Å². The zero-order chi connectivity index (χ0) is 26.1. The lowest BCUT2D eigenvalue weighted by molar-refractivity contribution is 0.0220. The van der Waals surface area contributed by atoms with E-state index in [1.54, 1.807) is 36.4 Å². The number of nitrogens with one attached hydrogen (secondary N) is 2. The molecule has 1 atom stereocenters. The lowest BCUT2D eigenvalue weighted by Crippen LogP contribution is -2.40. The van der Waals surface area contributed by atoms with Gasteiger partial charge in [0, 0.05) is 37.9 Å². The van der Waals surface area contributed by atoms with Crippen molar-refractivity contribution in [3.63, 3.8) is 0 Å². The second-order valence-electron chi connectivity index (χ2n) is 9.36. The van der Waals surface area contributed by atoms with E-state index >= 15 is 0 Å². The Labute approximate surface area is 217 Å². The molecule has 2 aliphatic heterocycles. The first kappa shape index (κ1) is 24.6. The fraction of sp³-hybridized carbons (Fsp3) is 0.385. The van der Waals surface area contributed by atoms with Crippen molar-refractivity contribution in [2.24, 2.45) is 0 Å². The second-order valence-corrected chi connectivity index (χ2v) is 9.36. The van der Waals surface area contributed by atoms with Crippen molar-refractivity contribution in [2.75, 3.05) is 43.0 Å². The molecule has 1 unspecified atom stereocenters. The summed E-state index contributed by atoms with van der Waals surface area (Å²) in [5, 5.41) is 6.71. The minimum Gasteiger partial charge on any atom is -0.382 e. The number of nitrogens with zero attached hydrogens (tertiary/aromatic N) is 6. The van der Waals surface area contributed by atoms with Crippen molar-refractivity contribution >= 4 is 22.7 Å². The number of fused-ring (bicyclic) bond motifs is 1. The van der Waals surface area contributed by atoms with Crippen LogP contribution in [0.2, 0.25) is 0 Å². The maximum absolute atomic E-state index is 14.1. The minimum absolute atomic E-state index is 0.0923. The number of alkyl halides is 2. The molecule has 0 bridgehead atoms. The number of hydrogen-bond donors (Lipinski definition) is 2. The van der Waals surface area contributed by atoms with Crippen LogP contribution in [0.15, 0.2) is 48.5 Å². The summed E-state index contributed by atoms with van der Waals surface area (Å²) >= 11 is 0. The first-order chi connectivity index (χ1) is 18.5. The largest absolute Gasteiger partial charge is 0.382 e. The number of hydrogen-bond acceptors (Lipinski definition) is 8. The molecule has 0 aliphatic carbocycles. The molecule has 2 aromatic heterocycles. The smallest absolute Gasteiger partial charge is 0.296 e. The topological polar surface area (TPSA) is 93.0 Å². The third kappa shape index (κ3) is 5.01. The van der Waals surface area contributed by atoms with E-state index in [9.17, 15) is 13.2 Å². The standard InChI is InChI=1S/C26H27F3N8O/c27-16-5-7-17(8-6-16)31-18-9-12-36(13-10-18)25-33-23(21-15-30-11-14-38-21)34-26(35-25)37-20-4-2-1-3-19(20)32-24(37)22(28)29/h1-8,18,21-22,30-31H,9-15H2. The Morgan fingerprint density at radius 2 is 1.71 bits per heavy atom. The number of anilines is 2. The van der Waals surface area contributed by atoms with E-state index in [1.165, 1.54) is 16.7 Å². The highest BCUT2D eigenvalue weighted by Crippen LogP contribution is 2.29. The summed E-state index contributed by atoms with van der Waals surface area (Å²) in [6.07, 6.45) is -1.64. The van der Waals surface area contributed by atoms with Crippen molar-refractivity contribution in [3.05, 3.63) is 66.0 Å². The van der Waals surface area contributed by atoms with Gasteiger partial charge in [-0.15, -0.1) is 0 Å². The molecule has 2 N–H and O–H groups in total. The summed E-state index contributed by atoms with van der Waals surface area (Å²) in [7, 11) is 0. The van der Waals surface area contributed by atoms with Gasteiger partial charge in [-0.1, -0.05) is 12.1 Å². The molecule has 4 heterocycles. The molecule has 12 heteroatoms. The van der Waals surface area contributed by atoms with Gasteiger partial charge in [0.2, 0.25) is 11.9 Å². The molecule has 198 valence electrons. The van der Waals surface area contributed by atoms with E-state index in [0.29, 0.717) is 49.0 Å². The Bertz CT molecular complexity index is 1400. The molecule has 9 nitrogen and oxygen atoms in total. The molecule has 2 aromatic carbocycles. The van der Waals surface area contributed by atoms with Crippen LogP contribution in [0, 0.1) is 5.82 Å². The Balaban J connectivity index is 1.32. The molecule has 0 amide bonds. The second kappa shape index (κ2) is 10.5. The van der Waals surface area contributed by atoms with Crippen LogP contribution >= 0.6 is 0 Å². The minimum atomic E-state index is -2.81. The molecule has 2 fully saturated rings. The maximum atomic E-state index is 14.1. The Morgan fingerprint density at radius 1 is 0.947 bits per heavy atom. The van der Waals surface area contributed by atoms with Gasteiger partial charge in [-0.25, -0.2) is 18.2 Å². The fourth-order valence-electron chi connectivity index (χ4n) is 4.89. The molecule has 6 rings (SSSR count). The highest BCUT2D eigenvalue weighted by molar-refractivity contribution is 5.77. The van der Waals surface area contributed by atoms with Crippen LogP contribution in [0.25, 0.3) is 17.0 Å². The van der Waals surface area contributed by atoms with Crippen LogP contribution in [0.1, 0.15) is 37.0 Å². The van der Waals surface area contributed by atoms with Gasteiger partial charge in [0.05, 0.1) is 17.6 Å². The number of ether oxygens (including phenoxy) is 1. The number of aromatic nitrogens is 5. The predicted molar refractivity (Wildman–Crippen MR) is 136 cm³/mol. The summed E-state index contributed by atoms with van der Waals surface area (Å²) in [4.78, 5) is 20.2. The van der Waals surface area contributed by atoms with E-state index < -0.39 is 18.4 Å². The Hall–Kier alpha value is -3.77. The van der Waals surface area contributed by atoms with E-state index in [1.807, 2.05) is 4.90 Å². The van der Waals surface area contributed by atoms with Crippen LogP contribution < -0.4 is 15.5 Å². The van der Waals surface area contributed by atoms with Gasteiger partial charge in [0.25, 0.3) is 6.43 Å². The van der Waals surface area contributed by atoms with Gasteiger partial charge in [-0.2, -0.15) is 15.0 Å². The third-order valence-electron chi connectivity index (χ3n) is 6.82.